The minimum atomic E-state index is -0.858. The minimum absolute atomic E-state index is 0.00767. The Morgan fingerprint density at radius 2 is 1.76 bits per heavy atom. The molecule has 0 atom stereocenters. The topological polar surface area (TPSA) is 90.0 Å². The van der Waals surface area contributed by atoms with Crippen LogP contribution in [0.4, 0.5) is 0 Å². The van der Waals surface area contributed by atoms with Crippen LogP contribution in [-0.2, 0) is 14.4 Å². The van der Waals surface area contributed by atoms with Gasteiger partial charge in [-0.05, 0) is 0 Å². The van der Waals surface area contributed by atoms with E-state index in [2.05, 4.69) is 5.32 Å². The first-order valence-corrected chi connectivity index (χ1v) is 5.45. The Hall–Kier alpha value is -1.63. The van der Waals surface area contributed by atoms with Gasteiger partial charge in [0.2, 0.25) is 11.8 Å². The monoisotopic (exact) mass is 243 g/mol. The van der Waals surface area contributed by atoms with Gasteiger partial charge in [0.25, 0.3) is 0 Å². The summed E-state index contributed by atoms with van der Waals surface area (Å²) in [4.78, 5) is 36.2. The Bertz CT molecular complexity index is 311. The van der Waals surface area contributed by atoms with Crippen LogP contribution < -0.4 is 5.32 Å². The number of aliphatic carboxylic acids is 1. The quantitative estimate of drug-likeness (QED) is 0.617. The van der Waals surface area contributed by atoms with E-state index in [0.717, 1.165) is 0 Å². The molecule has 1 aliphatic rings. The molecule has 0 bridgehead atoms. The summed E-state index contributed by atoms with van der Waals surface area (Å²) in [6.07, 6.45) is 0. The normalized spacial score (nSPS) is 16.6. The van der Waals surface area contributed by atoms with Crippen LogP contribution in [0.2, 0.25) is 0 Å². The van der Waals surface area contributed by atoms with Gasteiger partial charge in [0.15, 0.2) is 0 Å². The Labute approximate surface area is 99.4 Å². The van der Waals surface area contributed by atoms with Gasteiger partial charge in [0, 0.05) is 33.1 Å². The average molecular weight is 243 g/mol. The van der Waals surface area contributed by atoms with Crippen molar-refractivity contribution in [3.8, 4) is 0 Å². The number of carbonyl (C=O) groups excluding carboxylic acids is 2. The summed E-state index contributed by atoms with van der Waals surface area (Å²) in [7, 11) is 0. The lowest BCUT2D eigenvalue weighted by molar-refractivity contribution is -0.139. The summed E-state index contributed by atoms with van der Waals surface area (Å²) in [6.45, 7) is 3.49. The van der Waals surface area contributed by atoms with Crippen molar-refractivity contribution in [3.63, 3.8) is 0 Å². The van der Waals surface area contributed by atoms with Crippen molar-refractivity contribution in [2.24, 2.45) is 0 Å². The summed E-state index contributed by atoms with van der Waals surface area (Å²) in [5.41, 5.74) is 0. The van der Waals surface area contributed by atoms with Crippen LogP contribution in [0, 0.1) is 0 Å². The number of nitrogens with one attached hydrogen (secondary N) is 1. The largest absolute Gasteiger partial charge is 0.480 e. The van der Waals surface area contributed by atoms with Crippen LogP contribution in [-0.4, -0.2) is 72.0 Å². The van der Waals surface area contributed by atoms with Gasteiger partial charge >= 0.3 is 5.97 Å². The fourth-order valence-electron chi connectivity index (χ4n) is 1.66. The Balaban J connectivity index is 2.28. The summed E-state index contributed by atoms with van der Waals surface area (Å²) < 4.78 is 0. The number of nitrogens with zero attached hydrogens (tertiary/aromatic N) is 2. The van der Waals surface area contributed by atoms with Crippen LogP contribution in [0.1, 0.15) is 6.92 Å². The molecule has 0 aromatic carbocycles. The number of carbonyl (C=O) groups is 3. The molecule has 7 nitrogen and oxygen atoms in total. The third-order valence-electron chi connectivity index (χ3n) is 2.57. The van der Waals surface area contributed by atoms with Crippen molar-refractivity contribution in [2.75, 3.05) is 39.3 Å². The predicted molar refractivity (Wildman–Crippen MR) is 59.3 cm³/mol. The first kappa shape index (κ1) is 13.4. The number of carboxylic acid groups (broad SMARTS) is 1. The highest BCUT2D eigenvalue weighted by Gasteiger charge is 2.21. The average Bonchev–Trinajstić information content (AvgIpc) is 2.26. The summed E-state index contributed by atoms with van der Waals surface area (Å²) >= 11 is 0. The van der Waals surface area contributed by atoms with Crippen LogP contribution in [0.15, 0.2) is 0 Å². The number of amides is 2. The zero-order chi connectivity index (χ0) is 12.8. The molecule has 0 aliphatic carbocycles. The molecule has 1 aliphatic heterocycles. The standard InChI is InChI=1S/C10H17N3O4/c1-8(14)11-6-9(15)13-4-2-12(3-5-13)7-10(16)17/h2-7H2,1H3,(H,11,14)(H,16,17). The third-order valence-corrected chi connectivity index (χ3v) is 2.57. The van der Waals surface area contributed by atoms with Crippen LogP contribution in [0.25, 0.3) is 0 Å². The van der Waals surface area contributed by atoms with E-state index < -0.39 is 5.97 Å². The molecule has 1 rings (SSSR count). The lowest BCUT2D eigenvalue weighted by Gasteiger charge is -2.33. The second-order valence-corrected chi connectivity index (χ2v) is 3.96. The van der Waals surface area contributed by atoms with E-state index in [4.69, 9.17) is 5.11 Å². The highest BCUT2D eigenvalue weighted by molar-refractivity contribution is 5.83. The first-order chi connectivity index (χ1) is 7.99. The fraction of sp³-hybridized carbons (Fsp3) is 0.700. The van der Waals surface area contributed by atoms with Crippen LogP contribution >= 0.6 is 0 Å². The SMILES string of the molecule is CC(=O)NCC(=O)N1CCN(CC(=O)O)CC1. The highest BCUT2D eigenvalue weighted by atomic mass is 16.4. The number of hydrogen-bond acceptors (Lipinski definition) is 4. The molecule has 2 amide bonds. The molecule has 7 heteroatoms. The van der Waals surface area contributed by atoms with Gasteiger partial charge < -0.3 is 15.3 Å². The zero-order valence-electron chi connectivity index (χ0n) is 9.81. The lowest BCUT2D eigenvalue weighted by atomic mass is 10.3. The Morgan fingerprint density at radius 1 is 1.18 bits per heavy atom. The highest BCUT2D eigenvalue weighted by Crippen LogP contribution is 2.01. The van der Waals surface area contributed by atoms with Gasteiger partial charge in [-0.25, -0.2) is 0 Å². The molecule has 0 spiro atoms. The summed E-state index contributed by atoms with van der Waals surface area (Å²) in [5, 5.41) is 11.1. The molecular weight excluding hydrogens is 226 g/mol. The van der Waals surface area contributed by atoms with E-state index in [9.17, 15) is 14.4 Å². The van der Waals surface area contributed by atoms with Crippen molar-refractivity contribution in [2.45, 2.75) is 6.92 Å². The lowest BCUT2D eigenvalue weighted by Crippen LogP contribution is -2.51. The van der Waals surface area contributed by atoms with Crippen LogP contribution in [0.5, 0.6) is 0 Å². The third kappa shape index (κ3) is 4.81. The second-order valence-electron chi connectivity index (χ2n) is 3.96. The molecule has 0 unspecified atom stereocenters. The molecule has 1 fully saturated rings. The summed E-state index contributed by atoms with van der Waals surface area (Å²) in [6, 6.07) is 0. The molecular formula is C10H17N3O4. The van der Waals surface area contributed by atoms with Gasteiger partial charge in [-0.3, -0.25) is 19.3 Å². The van der Waals surface area contributed by atoms with Crippen molar-refractivity contribution in [3.05, 3.63) is 0 Å². The van der Waals surface area contributed by atoms with Gasteiger partial charge in [-0.1, -0.05) is 0 Å². The molecule has 0 aromatic heterocycles. The molecule has 1 heterocycles. The molecule has 0 saturated carbocycles. The first-order valence-electron chi connectivity index (χ1n) is 5.45. The van der Waals surface area contributed by atoms with Gasteiger partial charge in [0.1, 0.15) is 0 Å². The maximum atomic E-state index is 11.6. The number of carboxylic acids is 1. The molecule has 17 heavy (non-hydrogen) atoms. The summed E-state index contributed by atoms with van der Waals surface area (Å²) in [5.74, 6) is -1.22. The zero-order valence-corrected chi connectivity index (χ0v) is 9.81. The maximum absolute atomic E-state index is 11.6. The van der Waals surface area contributed by atoms with E-state index >= 15 is 0 Å². The van der Waals surface area contributed by atoms with Crippen molar-refractivity contribution >= 4 is 17.8 Å². The molecule has 96 valence electrons. The van der Waals surface area contributed by atoms with Crippen molar-refractivity contribution in [1.29, 1.82) is 0 Å². The predicted octanol–water partition coefficient (Wildman–Crippen LogP) is -1.65. The van der Waals surface area contributed by atoms with E-state index in [0.29, 0.717) is 26.2 Å². The van der Waals surface area contributed by atoms with Gasteiger partial charge in [0.05, 0.1) is 13.1 Å². The van der Waals surface area contributed by atoms with Gasteiger partial charge in [-0.2, -0.15) is 0 Å². The minimum Gasteiger partial charge on any atom is -0.480 e. The van der Waals surface area contributed by atoms with Gasteiger partial charge in [-0.15, -0.1) is 0 Å². The van der Waals surface area contributed by atoms with Crippen molar-refractivity contribution < 1.29 is 19.5 Å². The smallest absolute Gasteiger partial charge is 0.317 e. The van der Waals surface area contributed by atoms with Crippen molar-refractivity contribution in [1.82, 2.24) is 15.1 Å². The molecule has 1 saturated heterocycles. The van der Waals surface area contributed by atoms with E-state index in [1.807, 2.05) is 0 Å². The maximum Gasteiger partial charge on any atom is 0.317 e. The number of rotatable bonds is 4. The Morgan fingerprint density at radius 3 is 2.24 bits per heavy atom. The molecule has 2 N–H and O–H groups in total. The van der Waals surface area contributed by atoms with E-state index in [-0.39, 0.29) is 24.9 Å². The molecule has 0 radical (unpaired) electrons. The number of hydrogen-bond donors (Lipinski definition) is 2. The van der Waals surface area contributed by atoms with Crippen LogP contribution in [0.3, 0.4) is 0 Å². The second kappa shape index (κ2) is 6.19. The molecule has 0 aromatic rings. The van der Waals surface area contributed by atoms with E-state index in [1.165, 1.54) is 6.92 Å². The fourth-order valence-corrected chi connectivity index (χ4v) is 1.66. The van der Waals surface area contributed by atoms with E-state index in [1.54, 1.807) is 9.80 Å². The Kier molecular flexibility index (Phi) is 4.89. The number of piperazine rings is 1.